The molecule has 2 N–H and O–H groups in total. The van der Waals surface area contributed by atoms with Gasteiger partial charge in [-0.05, 0) is 27.2 Å². The average molecular weight is 275 g/mol. The Bertz CT molecular complexity index is 291. The van der Waals surface area contributed by atoms with Crippen molar-refractivity contribution in [2.75, 3.05) is 20.1 Å². The predicted molar refractivity (Wildman–Crippen MR) is 71.6 cm³/mol. The second-order valence-corrected chi connectivity index (χ2v) is 4.83. The Morgan fingerprint density at radius 2 is 2.11 bits per heavy atom. The first-order chi connectivity index (χ1) is 8.78. The molecule has 0 aliphatic rings. The normalized spacial score (nSPS) is 13.1. The molecule has 0 bridgehead atoms. The Balaban J connectivity index is 3.89. The number of rotatable bonds is 11. The number of nitrogens with one attached hydrogen (secondary N) is 1. The van der Waals surface area contributed by atoms with Crippen molar-refractivity contribution < 1.29 is 24.1 Å². The molecule has 0 fully saturated rings. The van der Waals surface area contributed by atoms with E-state index in [9.17, 15) is 4.79 Å². The molecule has 0 radical (unpaired) electrons. The van der Waals surface area contributed by atoms with Crippen LogP contribution in [0.2, 0.25) is 0 Å². The van der Waals surface area contributed by atoms with Gasteiger partial charge in [-0.25, -0.2) is 0 Å². The van der Waals surface area contributed by atoms with Crippen LogP contribution in [0.15, 0.2) is 12.3 Å². The van der Waals surface area contributed by atoms with Gasteiger partial charge in [0.25, 0.3) is 0 Å². The maximum Gasteiger partial charge on any atom is 0.323 e. The summed E-state index contributed by atoms with van der Waals surface area (Å²) in [5, 5.41) is 11.7. The van der Waals surface area contributed by atoms with Crippen molar-refractivity contribution in [3.63, 3.8) is 0 Å². The van der Waals surface area contributed by atoms with Gasteiger partial charge in [0.1, 0.15) is 19.6 Å². The lowest BCUT2D eigenvalue weighted by Crippen LogP contribution is -2.42. The first kappa shape index (κ1) is 17.9. The van der Waals surface area contributed by atoms with Crippen LogP contribution in [0.25, 0.3) is 0 Å². The lowest BCUT2D eigenvalue weighted by Gasteiger charge is -2.23. The fourth-order valence-corrected chi connectivity index (χ4v) is 0.952. The highest BCUT2D eigenvalue weighted by Crippen LogP contribution is 2.12. The average Bonchev–Trinajstić information content (AvgIpc) is 2.31. The van der Waals surface area contributed by atoms with E-state index in [0.717, 1.165) is 6.42 Å². The largest absolute Gasteiger partial charge is 0.484 e. The summed E-state index contributed by atoms with van der Waals surface area (Å²) in [6.07, 6.45) is 0.851. The number of carboxylic acids is 1. The second-order valence-electron chi connectivity index (χ2n) is 4.83. The number of carbonyl (C=O) groups is 1. The Morgan fingerprint density at radius 1 is 1.47 bits per heavy atom. The molecule has 112 valence electrons. The highest BCUT2D eigenvalue weighted by Gasteiger charge is 2.19. The number of aliphatic carboxylic acids is 1. The van der Waals surface area contributed by atoms with Crippen molar-refractivity contribution in [3.8, 4) is 0 Å². The molecule has 1 unspecified atom stereocenters. The fraction of sp³-hybridized carbons (Fsp3) is 0.769. The zero-order valence-electron chi connectivity index (χ0n) is 12.2. The van der Waals surface area contributed by atoms with Crippen molar-refractivity contribution in [3.05, 3.63) is 12.3 Å². The lowest BCUT2D eigenvalue weighted by molar-refractivity contribution is -0.150. The predicted octanol–water partition coefficient (Wildman–Crippen LogP) is 1.72. The summed E-state index contributed by atoms with van der Waals surface area (Å²) in [7, 11) is 0. The second kappa shape index (κ2) is 8.90. The highest BCUT2D eigenvalue weighted by molar-refractivity contribution is 5.73. The van der Waals surface area contributed by atoms with Crippen LogP contribution in [0.1, 0.15) is 34.1 Å². The van der Waals surface area contributed by atoms with E-state index in [1.54, 1.807) is 6.92 Å². The minimum atomic E-state index is -1.000. The lowest BCUT2D eigenvalue weighted by atomic mass is 10.1. The maximum atomic E-state index is 11.0. The van der Waals surface area contributed by atoms with Crippen LogP contribution in [0.4, 0.5) is 0 Å². The van der Waals surface area contributed by atoms with Gasteiger partial charge in [0, 0.05) is 0 Å². The molecule has 0 aromatic heterocycles. The van der Waals surface area contributed by atoms with E-state index in [1.165, 1.54) is 0 Å². The van der Waals surface area contributed by atoms with E-state index in [-0.39, 0.29) is 25.7 Å². The molecule has 0 aromatic carbocycles. The molecule has 0 rings (SSSR count). The molecule has 0 saturated heterocycles. The van der Waals surface area contributed by atoms with Crippen molar-refractivity contribution in [2.45, 2.75) is 45.8 Å². The fourth-order valence-electron chi connectivity index (χ4n) is 0.952. The molecule has 1 atom stereocenters. The zero-order chi connectivity index (χ0) is 14.9. The third kappa shape index (κ3) is 9.47. The van der Waals surface area contributed by atoms with Crippen LogP contribution < -0.4 is 5.32 Å². The molecule has 0 aliphatic heterocycles. The summed E-state index contributed by atoms with van der Waals surface area (Å²) in [5.41, 5.74) is -0.269. The van der Waals surface area contributed by atoms with Gasteiger partial charge in [-0.2, -0.15) is 0 Å². The first-order valence-corrected chi connectivity index (χ1v) is 6.24. The third-order valence-electron chi connectivity index (χ3n) is 2.62. The van der Waals surface area contributed by atoms with Crippen molar-refractivity contribution in [1.82, 2.24) is 5.32 Å². The molecule has 0 aliphatic carbocycles. The summed E-state index contributed by atoms with van der Waals surface area (Å²) in [4.78, 5) is 11.0. The number of hydrogen-bond acceptors (Lipinski definition) is 5. The Morgan fingerprint density at radius 3 is 2.58 bits per heavy atom. The maximum absolute atomic E-state index is 11.0. The number of allylic oxidation sites excluding steroid dienone is 1. The number of hydrogen-bond donors (Lipinski definition) is 2. The van der Waals surface area contributed by atoms with Crippen molar-refractivity contribution in [1.29, 1.82) is 0 Å². The van der Waals surface area contributed by atoms with Crippen LogP contribution in [-0.2, 0) is 19.0 Å². The van der Waals surface area contributed by atoms with Crippen LogP contribution in [0, 0.1) is 0 Å². The molecule has 6 heteroatoms. The molecule has 19 heavy (non-hydrogen) atoms. The van der Waals surface area contributed by atoms with Crippen LogP contribution in [0.3, 0.4) is 0 Å². The van der Waals surface area contributed by atoms with Gasteiger partial charge in [-0.15, -0.1) is 0 Å². The molecule has 0 heterocycles. The topological polar surface area (TPSA) is 77.0 Å². The minimum Gasteiger partial charge on any atom is -0.484 e. The van der Waals surface area contributed by atoms with E-state index in [2.05, 4.69) is 11.9 Å². The summed E-state index contributed by atoms with van der Waals surface area (Å²) < 4.78 is 15.7. The summed E-state index contributed by atoms with van der Waals surface area (Å²) in [6.45, 7) is 11.3. The van der Waals surface area contributed by atoms with Gasteiger partial charge >= 0.3 is 5.97 Å². The molecule has 0 spiro atoms. The van der Waals surface area contributed by atoms with Crippen molar-refractivity contribution >= 4 is 5.97 Å². The third-order valence-corrected chi connectivity index (χ3v) is 2.62. The van der Waals surface area contributed by atoms with Gasteiger partial charge < -0.3 is 19.3 Å². The van der Waals surface area contributed by atoms with Gasteiger partial charge in [-0.3, -0.25) is 10.1 Å². The Kier molecular flexibility index (Phi) is 8.38. The monoisotopic (exact) mass is 275 g/mol. The molecule has 0 saturated carbocycles. The minimum absolute atomic E-state index is 0.00861. The van der Waals surface area contributed by atoms with Gasteiger partial charge in [0.15, 0.2) is 0 Å². The molecular formula is C13H25NO5. The zero-order valence-corrected chi connectivity index (χ0v) is 12.2. The quantitative estimate of drug-likeness (QED) is 0.340. The van der Waals surface area contributed by atoms with Crippen molar-refractivity contribution in [2.24, 2.45) is 0 Å². The van der Waals surface area contributed by atoms with E-state index < -0.39 is 12.0 Å². The highest BCUT2D eigenvalue weighted by atomic mass is 16.7. The van der Waals surface area contributed by atoms with Crippen LogP contribution in [-0.4, -0.2) is 42.8 Å². The van der Waals surface area contributed by atoms with Crippen LogP contribution >= 0.6 is 0 Å². The van der Waals surface area contributed by atoms with E-state index in [0.29, 0.717) is 5.76 Å². The van der Waals surface area contributed by atoms with Crippen LogP contribution in [0.5, 0.6) is 0 Å². The van der Waals surface area contributed by atoms with E-state index in [4.69, 9.17) is 19.3 Å². The summed E-state index contributed by atoms with van der Waals surface area (Å²) >= 11 is 0. The summed E-state index contributed by atoms with van der Waals surface area (Å²) in [6, 6.07) is -0.840. The number of carboxylic acid groups (broad SMARTS) is 1. The molecular weight excluding hydrogens is 250 g/mol. The Hall–Kier alpha value is -1.11. The SMILES string of the molecule is C=C(C)OCNC(COCOC(C)(C)CC)C(=O)O. The first-order valence-electron chi connectivity index (χ1n) is 6.24. The molecule has 0 amide bonds. The standard InChI is InChI=1S/C13H25NO5/c1-6-13(4,5)19-9-17-7-11(12(15)16)14-8-18-10(2)3/h11,14H,2,6-9H2,1,3-5H3,(H,15,16). The van der Waals surface area contributed by atoms with Gasteiger partial charge in [-0.1, -0.05) is 13.5 Å². The molecule has 6 nitrogen and oxygen atoms in total. The van der Waals surface area contributed by atoms with Gasteiger partial charge in [0.2, 0.25) is 0 Å². The number of ether oxygens (including phenoxy) is 3. The Labute approximate surface area is 114 Å². The van der Waals surface area contributed by atoms with Gasteiger partial charge in [0.05, 0.1) is 18.0 Å². The van der Waals surface area contributed by atoms with E-state index in [1.807, 2.05) is 20.8 Å². The smallest absolute Gasteiger partial charge is 0.323 e. The van der Waals surface area contributed by atoms with E-state index >= 15 is 0 Å². The molecule has 0 aromatic rings. The summed E-state index contributed by atoms with van der Waals surface area (Å²) in [5.74, 6) is -0.481.